The largest absolute Gasteiger partial charge is 0.387 e. The predicted octanol–water partition coefficient (Wildman–Crippen LogP) is 2.46. The first-order valence-corrected chi connectivity index (χ1v) is 12.6. The summed E-state index contributed by atoms with van der Waals surface area (Å²) in [5.74, 6) is -0.0230. The fourth-order valence-electron chi connectivity index (χ4n) is 2.71. The highest BCUT2D eigenvalue weighted by Gasteiger charge is 2.23. The Morgan fingerprint density at radius 3 is 2.44 bits per heavy atom. The van der Waals surface area contributed by atoms with Crippen LogP contribution >= 0.6 is 11.8 Å². The molecule has 2 atom stereocenters. The van der Waals surface area contributed by atoms with Crippen LogP contribution in [-0.4, -0.2) is 49.0 Å². The summed E-state index contributed by atoms with van der Waals surface area (Å²) in [7, 11) is -3.89. The van der Waals surface area contributed by atoms with Crippen LogP contribution in [0.4, 0.5) is 5.69 Å². The fourth-order valence-corrected chi connectivity index (χ4v) is 4.21. The van der Waals surface area contributed by atoms with E-state index in [1.165, 1.54) is 42.1 Å². The Bertz CT molecular complexity index is 1030. The Morgan fingerprint density at radius 2 is 1.84 bits per heavy atom. The van der Waals surface area contributed by atoms with Gasteiger partial charge in [0.15, 0.2) is 0 Å². The molecular weight excluding hydrogens is 454 g/mol. The summed E-state index contributed by atoms with van der Waals surface area (Å²) in [6.07, 6.45) is 2.44. The van der Waals surface area contributed by atoms with Crippen LogP contribution in [0.1, 0.15) is 23.7 Å². The molecule has 172 valence electrons. The second kappa shape index (κ2) is 12.3. The molecule has 1 amide bonds. The average Bonchev–Trinajstić information content (AvgIpc) is 2.79. The average molecular weight is 480 g/mol. The summed E-state index contributed by atoms with van der Waals surface area (Å²) < 4.78 is 27.3. The lowest BCUT2D eigenvalue weighted by atomic mass is 10.1. The maximum atomic E-state index is 12.6. The Hall–Kier alpha value is -2.73. The van der Waals surface area contributed by atoms with Gasteiger partial charge in [-0.3, -0.25) is 14.9 Å². The topological polar surface area (TPSA) is 139 Å². The summed E-state index contributed by atoms with van der Waals surface area (Å²) in [6, 6.07) is 13.2. The van der Waals surface area contributed by atoms with Crippen molar-refractivity contribution in [2.24, 2.45) is 0 Å². The number of amides is 1. The van der Waals surface area contributed by atoms with Gasteiger partial charge in [-0.1, -0.05) is 30.3 Å². The van der Waals surface area contributed by atoms with E-state index in [0.29, 0.717) is 16.9 Å². The molecule has 11 heteroatoms. The Morgan fingerprint density at radius 1 is 1.19 bits per heavy atom. The van der Waals surface area contributed by atoms with E-state index in [-0.39, 0.29) is 18.7 Å². The van der Waals surface area contributed by atoms with Gasteiger partial charge in [0.2, 0.25) is 15.9 Å². The molecule has 3 N–H and O–H groups in total. The summed E-state index contributed by atoms with van der Waals surface area (Å²) in [6.45, 7) is -0.173. The zero-order chi connectivity index (χ0) is 23.6. The number of nitrogens with zero attached hydrogens (tertiary/aromatic N) is 1. The Balaban J connectivity index is 2.00. The number of benzene rings is 2. The number of nitrogens with one attached hydrogen (secondary N) is 2. The number of sulfonamides is 1. The third-order valence-electron chi connectivity index (χ3n) is 4.43. The van der Waals surface area contributed by atoms with E-state index in [9.17, 15) is 28.4 Å². The number of hydrogen-bond donors (Lipinski definition) is 3. The molecule has 0 saturated carbocycles. The SMILES string of the molecule is CSCCC(NS(=O)(=O)C=Cc1ccccc1)C(=O)NCC(O)c1ccc([N+](=O)[O-])cc1. The molecule has 9 nitrogen and oxygen atoms in total. The quantitative estimate of drug-likeness (QED) is 0.314. The molecule has 0 aliphatic carbocycles. The van der Waals surface area contributed by atoms with Gasteiger partial charge in [0.05, 0.1) is 11.0 Å². The Kier molecular flexibility index (Phi) is 9.85. The molecule has 0 aliphatic heterocycles. The molecule has 0 radical (unpaired) electrons. The van der Waals surface area contributed by atoms with Crippen molar-refractivity contribution in [3.8, 4) is 0 Å². The lowest BCUT2D eigenvalue weighted by Crippen LogP contribution is -2.47. The molecular formula is C21H25N3O6S2. The van der Waals surface area contributed by atoms with Crippen molar-refractivity contribution in [1.29, 1.82) is 0 Å². The third-order valence-corrected chi connectivity index (χ3v) is 6.18. The van der Waals surface area contributed by atoms with Crippen LogP contribution in [0, 0.1) is 10.1 Å². The standard InChI is InChI=1S/C21H25N3O6S2/c1-31-13-11-19(23-32(29,30)14-12-16-5-3-2-4-6-16)21(26)22-15-20(25)17-7-9-18(10-8-17)24(27)28/h2-10,12,14,19-20,23,25H,11,13,15H2,1H3,(H,22,26). The van der Waals surface area contributed by atoms with Crippen LogP contribution < -0.4 is 10.0 Å². The van der Waals surface area contributed by atoms with Gasteiger partial charge >= 0.3 is 0 Å². The van der Waals surface area contributed by atoms with E-state index in [1.807, 2.05) is 12.3 Å². The van der Waals surface area contributed by atoms with E-state index >= 15 is 0 Å². The van der Waals surface area contributed by atoms with Crippen LogP contribution in [0.2, 0.25) is 0 Å². The van der Waals surface area contributed by atoms with E-state index in [0.717, 1.165) is 5.41 Å². The summed E-state index contributed by atoms with van der Waals surface area (Å²) >= 11 is 1.47. The minimum Gasteiger partial charge on any atom is -0.387 e. The van der Waals surface area contributed by atoms with Crippen molar-refractivity contribution in [2.45, 2.75) is 18.6 Å². The molecule has 0 fully saturated rings. The molecule has 0 bridgehead atoms. The van der Waals surface area contributed by atoms with E-state index in [2.05, 4.69) is 10.0 Å². The molecule has 32 heavy (non-hydrogen) atoms. The normalized spacial score (nSPS) is 13.6. The van der Waals surface area contributed by atoms with Crippen LogP contribution in [0.3, 0.4) is 0 Å². The van der Waals surface area contributed by atoms with Gasteiger partial charge < -0.3 is 10.4 Å². The van der Waals surface area contributed by atoms with Crippen molar-refractivity contribution < 1.29 is 23.2 Å². The first kappa shape index (κ1) is 25.5. The van der Waals surface area contributed by atoms with Gasteiger partial charge in [-0.15, -0.1) is 0 Å². The van der Waals surface area contributed by atoms with Crippen LogP contribution in [0.25, 0.3) is 6.08 Å². The number of aliphatic hydroxyl groups excluding tert-OH is 1. The van der Waals surface area contributed by atoms with Crippen molar-refractivity contribution in [3.63, 3.8) is 0 Å². The number of non-ortho nitro benzene ring substituents is 1. The third kappa shape index (κ3) is 8.42. The van der Waals surface area contributed by atoms with Gasteiger partial charge in [-0.2, -0.15) is 16.5 Å². The van der Waals surface area contributed by atoms with Gasteiger partial charge in [0.1, 0.15) is 6.04 Å². The molecule has 2 aromatic carbocycles. The number of carbonyl (C=O) groups excluding carboxylic acids is 1. The molecule has 0 heterocycles. The number of aliphatic hydroxyl groups is 1. The minimum absolute atomic E-state index is 0.111. The van der Waals surface area contributed by atoms with Gasteiger partial charge in [0, 0.05) is 24.1 Å². The summed E-state index contributed by atoms with van der Waals surface area (Å²) in [5.41, 5.74) is 0.984. The molecule has 2 unspecified atom stereocenters. The summed E-state index contributed by atoms with van der Waals surface area (Å²) in [4.78, 5) is 22.8. The van der Waals surface area contributed by atoms with Crippen molar-refractivity contribution >= 4 is 39.5 Å². The van der Waals surface area contributed by atoms with Gasteiger partial charge in [-0.05, 0) is 47.8 Å². The van der Waals surface area contributed by atoms with Crippen molar-refractivity contribution in [3.05, 3.63) is 81.2 Å². The number of nitro groups is 1. The molecule has 2 rings (SSSR count). The number of nitro benzene ring substituents is 1. The number of carbonyl (C=O) groups is 1. The highest BCUT2D eigenvalue weighted by molar-refractivity contribution is 7.98. The number of rotatable bonds is 12. The number of thioether (sulfide) groups is 1. The fraction of sp³-hybridized carbons (Fsp3) is 0.286. The second-order valence-electron chi connectivity index (χ2n) is 6.82. The van der Waals surface area contributed by atoms with E-state index in [1.54, 1.807) is 24.3 Å². The zero-order valence-electron chi connectivity index (χ0n) is 17.4. The van der Waals surface area contributed by atoms with E-state index in [4.69, 9.17) is 0 Å². The second-order valence-corrected chi connectivity index (χ2v) is 9.40. The highest BCUT2D eigenvalue weighted by atomic mass is 32.2. The van der Waals surface area contributed by atoms with Crippen LogP contribution in [0.5, 0.6) is 0 Å². The molecule has 0 aromatic heterocycles. The summed E-state index contributed by atoms with van der Waals surface area (Å²) in [5, 5.41) is 24.5. The molecule has 0 saturated heterocycles. The van der Waals surface area contributed by atoms with Gasteiger partial charge in [0.25, 0.3) is 5.69 Å². The predicted molar refractivity (Wildman–Crippen MR) is 125 cm³/mol. The van der Waals surface area contributed by atoms with Crippen molar-refractivity contribution in [2.75, 3.05) is 18.6 Å². The van der Waals surface area contributed by atoms with Crippen molar-refractivity contribution in [1.82, 2.24) is 10.0 Å². The molecule has 0 aliphatic rings. The maximum Gasteiger partial charge on any atom is 0.269 e. The smallest absolute Gasteiger partial charge is 0.269 e. The number of hydrogen-bond acceptors (Lipinski definition) is 7. The van der Waals surface area contributed by atoms with Crippen LogP contribution in [-0.2, 0) is 14.8 Å². The van der Waals surface area contributed by atoms with E-state index < -0.39 is 33.0 Å². The molecule has 2 aromatic rings. The first-order valence-electron chi connectivity index (χ1n) is 9.66. The Labute approximate surface area is 191 Å². The lowest BCUT2D eigenvalue weighted by molar-refractivity contribution is -0.384. The highest BCUT2D eigenvalue weighted by Crippen LogP contribution is 2.17. The molecule has 0 spiro atoms. The zero-order valence-corrected chi connectivity index (χ0v) is 19.0. The maximum absolute atomic E-state index is 12.6. The monoisotopic (exact) mass is 479 g/mol. The van der Waals surface area contributed by atoms with Crippen LogP contribution in [0.15, 0.2) is 60.0 Å². The first-order chi connectivity index (χ1) is 15.2. The van der Waals surface area contributed by atoms with Gasteiger partial charge in [-0.25, -0.2) is 8.42 Å². The minimum atomic E-state index is -3.89. The lowest BCUT2D eigenvalue weighted by Gasteiger charge is -2.19.